The molecule has 0 aliphatic carbocycles. The summed E-state index contributed by atoms with van der Waals surface area (Å²) in [4.78, 5) is 25.4. The van der Waals surface area contributed by atoms with Crippen LogP contribution in [0.4, 0.5) is 5.88 Å². The fraction of sp³-hybridized carbons (Fsp3) is 0.200. The summed E-state index contributed by atoms with van der Waals surface area (Å²) in [5.41, 5.74) is -0.341. The van der Waals surface area contributed by atoms with Gasteiger partial charge in [-0.15, -0.1) is 0 Å². The number of hydrogen-bond acceptors (Lipinski definition) is 5. The molecule has 94 valence electrons. The van der Waals surface area contributed by atoms with E-state index in [1.807, 2.05) is 0 Å². The van der Waals surface area contributed by atoms with Crippen molar-refractivity contribution in [1.82, 2.24) is 9.55 Å². The van der Waals surface area contributed by atoms with E-state index in [4.69, 9.17) is 16.0 Å². The van der Waals surface area contributed by atoms with Crippen LogP contribution in [0.25, 0.3) is 0 Å². The van der Waals surface area contributed by atoms with Crippen molar-refractivity contribution in [2.24, 2.45) is 0 Å². The van der Waals surface area contributed by atoms with Gasteiger partial charge in [0, 0.05) is 6.07 Å². The van der Waals surface area contributed by atoms with Gasteiger partial charge in [-0.25, -0.2) is 4.98 Å². The predicted octanol–water partition coefficient (Wildman–Crippen LogP) is 1.75. The minimum Gasteiger partial charge on any atom is -0.404 e. The standard InChI is InChI=1S/C10H8ClN3O4/c1-6-12-8(11)4-9(15)13(6)5-7-2-3-10(18-7)14(16)17/h2-4H,5H2,1H3. The van der Waals surface area contributed by atoms with Crippen molar-refractivity contribution in [1.29, 1.82) is 0 Å². The third-order valence-corrected chi connectivity index (χ3v) is 2.50. The van der Waals surface area contributed by atoms with Crippen molar-refractivity contribution in [2.45, 2.75) is 13.5 Å². The van der Waals surface area contributed by atoms with Crippen molar-refractivity contribution in [3.63, 3.8) is 0 Å². The molecule has 0 atom stereocenters. The molecule has 0 saturated carbocycles. The molecular formula is C10H8ClN3O4. The Morgan fingerprint density at radius 3 is 2.83 bits per heavy atom. The molecule has 0 spiro atoms. The lowest BCUT2D eigenvalue weighted by Crippen LogP contribution is -2.23. The average Bonchev–Trinajstić information content (AvgIpc) is 2.71. The molecular weight excluding hydrogens is 262 g/mol. The van der Waals surface area contributed by atoms with Crippen molar-refractivity contribution >= 4 is 17.5 Å². The maximum atomic E-state index is 11.7. The Bertz CT molecular complexity index is 661. The first-order chi connectivity index (χ1) is 8.47. The Balaban J connectivity index is 2.34. The molecule has 2 aromatic rings. The topological polar surface area (TPSA) is 91.2 Å². The van der Waals surface area contributed by atoms with Crippen LogP contribution >= 0.6 is 11.6 Å². The minimum absolute atomic E-state index is 0.0721. The molecule has 0 saturated heterocycles. The molecule has 0 aliphatic heterocycles. The summed E-state index contributed by atoms with van der Waals surface area (Å²) < 4.78 is 6.28. The van der Waals surface area contributed by atoms with Gasteiger partial charge in [0.05, 0.1) is 12.6 Å². The van der Waals surface area contributed by atoms with Crippen molar-refractivity contribution in [3.05, 3.63) is 55.4 Å². The van der Waals surface area contributed by atoms with Gasteiger partial charge in [-0.1, -0.05) is 11.6 Å². The van der Waals surface area contributed by atoms with Gasteiger partial charge >= 0.3 is 5.88 Å². The summed E-state index contributed by atoms with van der Waals surface area (Å²) in [6.45, 7) is 1.69. The van der Waals surface area contributed by atoms with Gasteiger partial charge in [-0.3, -0.25) is 19.5 Å². The zero-order valence-corrected chi connectivity index (χ0v) is 10.0. The summed E-state index contributed by atoms with van der Waals surface area (Å²) in [5, 5.41) is 10.6. The molecule has 0 bridgehead atoms. The molecule has 0 fully saturated rings. The highest BCUT2D eigenvalue weighted by Gasteiger charge is 2.13. The Hall–Kier alpha value is -2.15. The molecule has 2 aromatic heterocycles. The van der Waals surface area contributed by atoms with Gasteiger partial charge in [-0.05, 0) is 13.0 Å². The average molecular weight is 270 g/mol. The second kappa shape index (κ2) is 4.61. The Labute approximate surface area is 106 Å². The fourth-order valence-electron chi connectivity index (χ4n) is 1.48. The maximum Gasteiger partial charge on any atom is 0.433 e. The van der Waals surface area contributed by atoms with Gasteiger partial charge in [-0.2, -0.15) is 0 Å². The fourth-order valence-corrected chi connectivity index (χ4v) is 1.70. The molecule has 2 heterocycles. The molecule has 18 heavy (non-hydrogen) atoms. The minimum atomic E-state index is -0.640. The first-order valence-corrected chi connectivity index (χ1v) is 5.32. The van der Waals surface area contributed by atoms with Crippen LogP contribution in [0.15, 0.2) is 27.4 Å². The summed E-state index contributed by atoms with van der Waals surface area (Å²) in [6, 6.07) is 3.85. The number of nitrogens with zero attached hydrogens (tertiary/aromatic N) is 3. The lowest BCUT2D eigenvalue weighted by atomic mass is 10.4. The van der Waals surface area contributed by atoms with E-state index in [9.17, 15) is 14.9 Å². The second-order valence-corrected chi connectivity index (χ2v) is 3.93. The Kier molecular flexibility index (Phi) is 3.15. The monoisotopic (exact) mass is 269 g/mol. The largest absolute Gasteiger partial charge is 0.433 e. The quantitative estimate of drug-likeness (QED) is 0.481. The van der Waals surface area contributed by atoms with Crippen LogP contribution in [-0.2, 0) is 6.54 Å². The van der Waals surface area contributed by atoms with Crippen LogP contribution in [0, 0.1) is 17.0 Å². The van der Waals surface area contributed by atoms with Crippen LogP contribution in [-0.4, -0.2) is 14.5 Å². The zero-order chi connectivity index (χ0) is 13.3. The third kappa shape index (κ3) is 2.40. The van der Waals surface area contributed by atoms with Gasteiger partial charge in [0.25, 0.3) is 5.56 Å². The van der Waals surface area contributed by atoms with E-state index >= 15 is 0 Å². The maximum absolute atomic E-state index is 11.7. The first-order valence-electron chi connectivity index (χ1n) is 4.94. The van der Waals surface area contributed by atoms with E-state index < -0.39 is 4.92 Å². The smallest absolute Gasteiger partial charge is 0.404 e. The number of aromatic nitrogens is 2. The summed E-state index contributed by atoms with van der Waals surface area (Å²) in [6.07, 6.45) is 0. The lowest BCUT2D eigenvalue weighted by Gasteiger charge is -2.06. The summed E-state index contributed by atoms with van der Waals surface area (Å²) in [7, 11) is 0. The highest BCUT2D eigenvalue weighted by molar-refractivity contribution is 6.29. The Morgan fingerprint density at radius 2 is 2.28 bits per heavy atom. The molecule has 0 radical (unpaired) electrons. The van der Waals surface area contributed by atoms with Gasteiger partial charge < -0.3 is 4.42 Å². The molecule has 0 aliphatic rings. The Morgan fingerprint density at radius 1 is 1.56 bits per heavy atom. The number of aryl methyl sites for hydroxylation is 1. The van der Waals surface area contributed by atoms with Gasteiger partial charge in [0.2, 0.25) is 0 Å². The normalized spacial score (nSPS) is 10.6. The lowest BCUT2D eigenvalue weighted by molar-refractivity contribution is -0.402. The van der Waals surface area contributed by atoms with E-state index in [0.29, 0.717) is 11.6 Å². The van der Waals surface area contributed by atoms with E-state index in [-0.39, 0.29) is 23.1 Å². The van der Waals surface area contributed by atoms with Gasteiger partial charge in [0.1, 0.15) is 21.7 Å². The molecule has 0 aromatic carbocycles. The van der Waals surface area contributed by atoms with Crippen LogP contribution in [0.3, 0.4) is 0 Å². The predicted molar refractivity (Wildman–Crippen MR) is 62.7 cm³/mol. The van der Waals surface area contributed by atoms with Crippen molar-refractivity contribution in [2.75, 3.05) is 0 Å². The van der Waals surface area contributed by atoms with Gasteiger partial charge in [0.15, 0.2) is 0 Å². The molecule has 0 amide bonds. The molecule has 7 nitrogen and oxygen atoms in total. The zero-order valence-electron chi connectivity index (χ0n) is 9.29. The number of halogens is 1. The molecule has 0 unspecified atom stereocenters. The highest BCUT2D eigenvalue weighted by Crippen LogP contribution is 2.16. The number of nitro groups is 1. The van der Waals surface area contributed by atoms with Crippen molar-refractivity contribution in [3.8, 4) is 0 Å². The molecule has 0 N–H and O–H groups in total. The van der Waals surface area contributed by atoms with Crippen LogP contribution in [0.2, 0.25) is 5.15 Å². The summed E-state index contributed by atoms with van der Waals surface area (Å²) >= 11 is 5.63. The van der Waals surface area contributed by atoms with Crippen LogP contribution in [0.1, 0.15) is 11.6 Å². The first kappa shape index (κ1) is 12.3. The van der Waals surface area contributed by atoms with Crippen molar-refractivity contribution < 1.29 is 9.34 Å². The van der Waals surface area contributed by atoms with Crippen LogP contribution < -0.4 is 5.56 Å². The van der Waals surface area contributed by atoms with Crippen LogP contribution in [0.5, 0.6) is 0 Å². The number of furan rings is 1. The molecule has 8 heteroatoms. The van der Waals surface area contributed by atoms with E-state index in [1.165, 1.54) is 22.8 Å². The SMILES string of the molecule is Cc1nc(Cl)cc(=O)n1Cc1ccc([N+](=O)[O-])o1. The molecule has 2 rings (SSSR count). The number of rotatable bonds is 3. The number of hydrogen-bond donors (Lipinski definition) is 0. The van der Waals surface area contributed by atoms with E-state index in [2.05, 4.69) is 4.98 Å². The van der Waals surface area contributed by atoms with E-state index in [1.54, 1.807) is 6.92 Å². The summed E-state index contributed by atoms with van der Waals surface area (Å²) in [5.74, 6) is 0.347. The highest BCUT2D eigenvalue weighted by atomic mass is 35.5. The third-order valence-electron chi connectivity index (χ3n) is 2.31. The second-order valence-electron chi connectivity index (χ2n) is 3.55. The van der Waals surface area contributed by atoms with E-state index in [0.717, 1.165) is 0 Å².